The fourth-order valence-electron chi connectivity index (χ4n) is 3.30. The highest BCUT2D eigenvalue weighted by molar-refractivity contribution is 6.11. The zero-order valence-corrected chi connectivity index (χ0v) is 16.5. The molecule has 1 unspecified atom stereocenters. The first-order valence-electron chi connectivity index (χ1n) is 9.83. The Morgan fingerprint density at radius 3 is 2.75 bits per heavy atom. The number of benzene rings is 1. The van der Waals surface area contributed by atoms with Crippen molar-refractivity contribution in [3.63, 3.8) is 0 Å². The predicted molar refractivity (Wildman–Crippen MR) is 110 cm³/mol. The van der Waals surface area contributed by atoms with Crippen LogP contribution in [0.3, 0.4) is 0 Å². The number of allylic oxidation sites excluding steroid dienone is 2. The first-order valence-corrected chi connectivity index (χ1v) is 9.83. The number of amidine groups is 1. The van der Waals surface area contributed by atoms with Gasteiger partial charge in [0.1, 0.15) is 17.1 Å². The minimum Gasteiger partial charge on any atom is -0.494 e. The van der Waals surface area contributed by atoms with E-state index in [-0.39, 0.29) is 18.2 Å². The molecule has 0 fully saturated rings. The van der Waals surface area contributed by atoms with Crippen molar-refractivity contribution in [2.24, 2.45) is 4.99 Å². The molecule has 6 heteroatoms. The average molecular weight is 381 g/mol. The lowest BCUT2D eigenvalue weighted by Gasteiger charge is -2.41. The molecule has 0 radical (unpaired) electrons. The number of amides is 2. The summed E-state index contributed by atoms with van der Waals surface area (Å²) in [7, 11) is 0. The number of nitrogens with zero attached hydrogens (tertiary/aromatic N) is 2. The number of fused-ring (bicyclic) bond motifs is 1. The Balaban J connectivity index is 1.61. The van der Waals surface area contributed by atoms with Gasteiger partial charge in [-0.3, -0.25) is 9.59 Å². The number of carbonyl (C=O) groups excluding carboxylic acids is 2. The Bertz CT molecular complexity index is 811. The molecule has 2 heterocycles. The number of aliphatic imine (C=N–C) groups is 1. The van der Waals surface area contributed by atoms with E-state index in [1.165, 1.54) is 19.3 Å². The molecule has 1 aromatic carbocycles. The van der Waals surface area contributed by atoms with Crippen molar-refractivity contribution in [3.8, 4) is 5.75 Å². The van der Waals surface area contributed by atoms with Crippen LogP contribution in [0.1, 0.15) is 46.0 Å². The summed E-state index contributed by atoms with van der Waals surface area (Å²) in [5, 5.41) is 2.92. The smallest absolute Gasteiger partial charge is 0.250 e. The van der Waals surface area contributed by atoms with Gasteiger partial charge in [-0.25, -0.2) is 0 Å². The highest BCUT2D eigenvalue weighted by atomic mass is 16.5. The zero-order chi connectivity index (χ0) is 20.0. The second kappa shape index (κ2) is 8.87. The SMILES string of the molecule is CCCCCCOc1ccc(NC(=O)C2(C)CC(=O)N=C3C=CC=CN32)cc1. The van der Waals surface area contributed by atoms with Crippen molar-refractivity contribution in [1.29, 1.82) is 0 Å². The first kappa shape index (κ1) is 19.9. The van der Waals surface area contributed by atoms with Gasteiger partial charge in [-0.2, -0.15) is 4.99 Å². The van der Waals surface area contributed by atoms with Crippen LogP contribution in [0.2, 0.25) is 0 Å². The van der Waals surface area contributed by atoms with Crippen molar-refractivity contribution >= 4 is 23.3 Å². The normalized spacial score (nSPS) is 20.6. The standard InChI is InChI=1S/C22H27N3O3/c1-3-4-5-8-15-28-18-12-10-17(11-13-18)23-21(27)22(2)16-20(26)24-19-9-6-7-14-25(19)22/h6-7,9-14H,3-5,8,15-16H2,1-2H3,(H,23,27). The summed E-state index contributed by atoms with van der Waals surface area (Å²) in [4.78, 5) is 30.8. The molecule has 2 amide bonds. The molecule has 1 atom stereocenters. The van der Waals surface area contributed by atoms with E-state index in [1.807, 2.05) is 30.3 Å². The number of anilines is 1. The van der Waals surface area contributed by atoms with Crippen LogP contribution >= 0.6 is 0 Å². The van der Waals surface area contributed by atoms with Crippen molar-refractivity contribution < 1.29 is 14.3 Å². The van der Waals surface area contributed by atoms with Gasteiger partial charge in [-0.1, -0.05) is 32.3 Å². The highest BCUT2D eigenvalue weighted by Gasteiger charge is 2.45. The number of carbonyl (C=O) groups is 2. The molecule has 0 aliphatic carbocycles. The van der Waals surface area contributed by atoms with Crippen LogP contribution in [-0.2, 0) is 9.59 Å². The Labute approximate surface area is 166 Å². The molecule has 2 aliphatic rings. The maximum absolute atomic E-state index is 13.0. The van der Waals surface area contributed by atoms with Crippen LogP contribution in [0, 0.1) is 0 Å². The van der Waals surface area contributed by atoms with Crippen LogP contribution in [0.15, 0.2) is 53.7 Å². The number of nitrogens with one attached hydrogen (secondary N) is 1. The summed E-state index contributed by atoms with van der Waals surface area (Å²) < 4.78 is 5.74. The lowest BCUT2D eigenvalue weighted by molar-refractivity contribution is -0.130. The molecule has 1 N–H and O–H groups in total. The summed E-state index contributed by atoms with van der Waals surface area (Å²) in [5.41, 5.74) is -0.359. The van der Waals surface area contributed by atoms with Gasteiger partial charge < -0.3 is 15.0 Å². The van der Waals surface area contributed by atoms with E-state index < -0.39 is 5.54 Å². The molecule has 0 bridgehead atoms. The third-order valence-electron chi connectivity index (χ3n) is 4.97. The number of hydrogen-bond acceptors (Lipinski definition) is 4. The van der Waals surface area contributed by atoms with Crippen molar-refractivity contribution in [1.82, 2.24) is 4.90 Å². The van der Waals surface area contributed by atoms with Gasteiger partial charge in [-0.15, -0.1) is 0 Å². The number of rotatable bonds is 8. The second-order valence-corrected chi connectivity index (χ2v) is 7.27. The predicted octanol–water partition coefficient (Wildman–Crippen LogP) is 4.06. The fourth-order valence-corrected chi connectivity index (χ4v) is 3.30. The van der Waals surface area contributed by atoms with E-state index in [4.69, 9.17) is 4.74 Å². The second-order valence-electron chi connectivity index (χ2n) is 7.27. The van der Waals surface area contributed by atoms with Crippen LogP contribution in [0.4, 0.5) is 5.69 Å². The Morgan fingerprint density at radius 2 is 2.00 bits per heavy atom. The zero-order valence-electron chi connectivity index (χ0n) is 16.5. The molecule has 28 heavy (non-hydrogen) atoms. The van der Waals surface area contributed by atoms with E-state index in [2.05, 4.69) is 17.2 Å². The van der Waals surface area contributed by atoms with Crippen LogP contribution < -0.4 is 10.1 Å². The van der Waals surface area contributed by atoms with Gasteiger partial charge in [0, 0.05) is 11.9 Å². The maximum Gasteiger partial charge on any atom is 0.250 e. The maximum atomic E-state index is 13.0. The molecule has 0 saturated carbocycles. The number of hydrogen-bond donors (Lipinski definition) is 1. The summed E-state index contributed by atoms with van der Waals surface area (Å²) in [6, 6.07) is 7.32. The average Bonchev–Trinajstić information content (AvgIpc) is 2.69. The number of unbranched alkanes of at least 4 members (excludes halogenated alkanes) is 3. The molecule has 0 aromatic heterocycles. The molecule has 0 spiro atoms. The van der Waals surface area contributed by atoms with Gasteiger partial charge in [0.15, 0.2) is 0 Å². The minimum atomic E-state index is -1.02. The summed E-state index contributed by atoms with van der Waals surface area (Å²) >= 11 is 0. The summed E-state index contributed by atoms with van der Waals surface area (Å²) in [6.45, 7) is 4.64. The molecule has 2 aliphatic heterocycles. The topological polar surface area (TPSA) is 71.0 Å². The summed E-state index contributed by atoms with van der Waals surface area (Å²) in [5.74, 6) is 0.729. The van der Waals surface area contributed by atoms with Gasteiger partial charge in [0.05, 0.1) is 13.0 Å². The monoisotopic (exact) mass is 381 g/mol. The third kappa shape index (κ3) is 4.50. The van der Waals surface area contributed by atoms with Crippen LogP contribution in [-0.4, -0.2) is 34.7 Å². The molecule has 0 saturated heterocycles. The van der Waals surface area contributed by atoms with Gasteiger partial charge >= 0.3 is 0 Å². The van der Waals surface area contributed by atoms with Gasteiger partial charge in [-0.05, 0) is 49.8 Å². The number of ether oxygens (including phenoxy) is 1. The molecular weight excluding hydrogens is 354 g/mol. The van der Waals surface area contributed by atoms with Crippen molar-refractivity contribution in [2.75, 3.05) is 11.9 Å². The minimum absolute atomic E-state index is 0.0273. The Morgan fingerprint density at radius 1 is 1.21 bits per heavy atom. The first-order chi connectivity index (χ1) is 13.5. The highest BCUT2D eigenvalue weighted by Crippen LogP contribution is 2.29. The van der Waals surface area contributed by atoms with Gasteiger partial charge in [0.2, 0.25) is 0 Å². The van der Waals surface area contributed by atoms with Gasteiger partial charge in [0.25, 0.3) is 11.8 Å². The molecule has 6 nitrogen and oxygen atoms in total. The lowest BCUT2D eigenvalue weighted by Crippen LogP contribution is -2.58. The molecule has 1 aromatic rings. The molecule has 148 valence electrons. The van der Waals surface area contributed by atoms with E-state index in [0.29, 0.717) is 18.1 Å². The molecule has 3 rings (SSSR count). The lowest BCUT2D eigenvalue weighted by atomic mass is 9.91. The van der Waals surface area contributed by atoms with E-state index in [9.17, 15) is 9.59 Å². The largest absolute Gasteiger partial charge is 0.494 e. The Kier molecular flexibility index (Phi) is 6.29. The van der Waals surface area contributed by atoms with Crippen LogP contribution in [0.5, 0.6) is 5.75 Å². The van der Waals surface area contributed by atoms with Crippen molar-refractivity contribution in [3.05, 3.63) is 48.7 Å². The molecular formula is C22H27N3O3. The fraction of sp³-hybridized carbons (Fsp3) is 0.409. The van der Waals surface area contributed by atoms with Crippen LogP contribution in [0.25, 0.3) is 0 Å². The van der Waals surface area contributed by atoms with E-state index in [0.717, 1.165) is 12.2 Å². The van der Waals surface area contributed by atoms with E-state index in [1.54, 1.807) is 30.2 Å². The summed E-state index contributed by atoms with van der Waals surface area (Å²) in [6.07, 6.45) is 11.8. The van der Waals surface area contributed by atoms with Crippen molar-refractivity contribution in [2.45, 2.75) is 51.5 Å². The quantitative estimate of drug-likeness (QED) is 0.690. The third-order valence-corrected chi connectivity index (χ3v) is 4.97. The van der Waals surface area contributed by atoms with E-state index >= 15 is 0 Å². The Hall–Kier alpha value is -2.89.